The number of unbranched alkanes of at least 4 members (excludes halogenated alkanes) is 5. The van der Waals surface area contributed by atoms with Gasteiger partial charge in [0.05, 0.1) is 0 Å². The van der Waals surface area contributed by atoms with Gasteiger partial charge in [0.2, 0.25) is 0 Å². The van der Waals surface area contributed by atoms with E-state index in [0.29, 0.717) is 5.41 Å². The molecule has 0 spiro atoms. The molecule has 114 valence electrons. The van der Waals surface area contributed by atoms with E-state index in [4.69, 9.17) is 0 Å². The minimum atomic E-state index is 0.321. The van der Waals surface area contributed by atoms with Crippen LogP contribution in [-0.4, -0.2) is 4.98 Å². The molecule has 0 aliphatic rings. The van der Waals surface area contributed by atoms with Crippen molar-refractivity contribution in [2.45, 2.75) is 84.0 Å². The second kappa shape index (κ2) is 9.33. The topological polar surface area (TPSA) is 12.9 Å². The first kappa shape index (κ1) is 17.4. The van der Waals surface area contributed by atoms with E-state index in [1.165, 1.54) is 62.7 Å². The first-order valence-electron chi connectivity index (χ1n) is 8.25. The van der Waals surface area contributed by atoms with Crippen molar-refractivity contribution in [3.8, 4) is 0 Å². The molecule has 0 aromatic carbocycles. The number of nitrogens with zero attached hydrogens (tertiary/aromatic N) is 1. The number of aromatic nitrogens is 1. The summed E-state index contributed by atoms with van der Waals surface area (Å²) in [6.07, 6.45) is 16.0. The average molecular weight is 294 g/mol. The molecule has 1 aromatic rings. The van der Waals surface area contributed by atoms with Crippen LogP contribution in [0.25, 0.3) is 6.08 Å². The Kier molecular flexibility index (Phi) is 8.13. The molecular formula is C18H31NS. The molecule has 1 aromatic heterocycles. The highest BCUT2D eigenvalue weighted by Crippen LogP contribution is 2.38. The Morgan fingerprint density at radius 1 is 1.10 bits per heavy atom. The largest absolute Gasteiger partial charge is 0.245 e. The van der Waals surface area contributed by atoms with Crippen LogP contribution in [-0.2, 0) is 5.41 Å². The third kappa shape index (κ3) is 5.40. The van der Waals surface area contributed by atoms with Crippen LogP contribution in [0.1, 0.15) is 88.4 Å². The second-order valence-electron chi connectivity index (χ2n) is 6.10. The van der Waals surface area contributed by atoms with Gasteiger partial charge in [0.25, 0.3) is 0 Å². The Morgan fingerprint density at radius 3 is 2.35 bits per heavy atom. The predicted octanol–water partition coefficient (Wildman–Crippen LogP) is 6.59. The zero-order valence-electron chi connectivity index (χ0n) is 13.6. The van der Waals surface area contributed by atoms with E-state index in [2.05, 4.69) is 38.5 Å². The van der Waals surface area contributed by atoms with E-state index in [1.807, 2.05) is 17.4 Å². The third-order valence-electron chi connectivity index (χ3n) is 4.21. The van der Waals surface area contributed by atoms with Crippen LogP contribution in [0, 0.1) is 0 Å². The summed E-state index contributed by atoms with van der Waals surface area (Å²) < 4.78 is 0. The monoisotopic (exact) mass is 293 g/mol. The molecule has 0 radical (unpaired) electrons. The van der Waals surface area contributed by atoms with Gasteiger partial charge in [-0.3, -0.25) is 0 Å². The van der Waals surface area contributed by atoms with E-state index in [9.17, 15) is 0 Å². The van der Waals surface area contributed by atoms with Crippen molar-refractivity contribution in [1.82, 2.24) is 4.98 Å². The smallest absolute Gasteiger partial charge is 0.115 e. The summed E-state index contributed by atoms with van der Waals surface area (Å²) in [7, 11) is 0. The van der Waals surface area contributed by atoms with Crippen LogP contribution in [0.4, 0.5) is 0 Å². The van der Waals surface area contributed by atoms with Crippen molar-refractivity contribution in [2.75, 3.05) is 0 Å². The van der Waals surface area contributed by atoms with Crippen molar-refractivity contribution in [3.05, 3.63) is 22.7 Å². The fourth-order valence-corrected chi connectivity index (χ4v) is 3.69. The molecule has 0 bridgehead atoms. The lowest BCUT2D eigenvalue weighted by Crippen LogP contribution is -2.20. The summed E-state index contributed by atoms with van der Waals surface area (Å²) in [5, 5.41) is 1.06. The molecule has 1 unspecified atom stereocenters. The standard InChI is InChI=1S/C18H31NS/c1-5-8-10-11-12-14-18(4,13-9-6-2)16-15-19-17(7-3)20-16/h7,15H,3,5-6,8-14H2,1-2,4H3. The van der Waals surface area contributed by atoms with Crippen molar-refractivity contribution in [3.63, 3.8) is 0 Å². The van der Waals surface area contributed by atoms with Gasteiger partial charge >= 0.3 is 0 Å². The highest BCUT2D eigenvalue weighted by Gasteiger charge is 2.27. The Balaban J connectivity index is 2.62. The highest BCUT2D eigenvalue weighted by molar-refractivity contribution is 7.12. The van der Waals surface area contributed by atoms with Gasteiger partial charge in [0.15, 0.2) is 0 Å². The maximum absolute atomic E-state index is 4.47. The normalized spacial score (nSPS) is 14.2. The molecule has 0 aliphatic carbocycles. The molecule has 1 heterocycles. The lowest BCUT2D eigenvalue weighted by Gasteiger charge is -2.28. The van der Waals surface area contributed by atoms with E-state index in [1.54, 1.807) is 0 Å². The van der Waals surface area contributed by atoms with Crippen LogP contribution < -0.4 is 0 Å². The minimum absolute atomic E-state index is 0.321. The quantitative estimate of drug-likeness (QED) is 0.419. The predicted molar refractivity (Wildman–Crippen MR) is 92.5 cm³/mol. The molecule has 0 amide bonds. The molecule has 0 aliphatic heterocycles. The number of hydrogen-bond donors (Lipinski definition) is 0. The Bertz CT molecular complexity index is 383. The third-order valence-corrected chi connectivity index (χ3v) is 5.51. The van der Waals surface area contributed by atoms with Gasteiger partial charge in [-0.2, -0.15) is 0 Å². The lowest BCUT2D eigenvalue weighted by molar-refractivity contribution is 0.374. The Hall–Kier alpha value is -0.630. The maximum Gasteiger partial charge on any atom is 0.115 e. The molecule has 1 rings (SSSR count). The van der Waals surface area contributed by atoms with Crippen LogP contribution in [0.15, 0.2) is 12.8 Å². The SMILES string of the molecule is C=Cc1ncc(C(C)(CCCC)CCCCCCC)s1. The average Bonchev–Trinajstić information content (AvgIpc) is 2.94. The van der Waals surface area contributed by atoms with Crippen LogP contribution in [0.2, 0.25) is 0 Å². The summed E-state index contributed by atoms with van der Waals surface area (Å²) in [6, 6.07) is 0. The van der Waals surface area contributed by atoms with E-state index in [0.717, 1.165) is 5.01 Å². The van der Waals surface area contributed by atoms with Crippen LogP contribution >= 0.6 is 11.3 Å². The van der Waals surface area contributed by atoms with Crippen LogP contribution in [0.5, 0.6) is 0 Å². The summed E-state index contributed by atoms with van der Waals surface area (Å²) in [4.78, 5) is 5.92. The molecule has 0 saturated heterocycles. The summed E-state index contributed by atoms with van der Waals surface area (Å²) in [5.74, 6) is 0. The minimum Gasteiger partial charge on any atom is -0.245 e. The molecule has 0 saturated carbocycles. The summed E-state index contributed by atoms with van der Waals surface area (Å²) in [5.41, 5.74) is 0.321. The molecule has 1 nitrogen and oxygen atoms in total. The van der Waals surface area contributed by atoms with Gasteiger partial charge in [-0.15, -0.1) is 11.3 Å². The fraction of sp³-hybridized carbons (Fsp3) is 0.722. The van der Waals surface area contributed by atoms with Crippen LogP contribution in [0.3, 0.4) is 0 Å². The number of hydrogen-bond acceptors (Lipinski definition) is 2. The van der Waals surface area contributed by atoms with E-state index < -0.39 is 0 Å². The number of thiazole rings is 1. The van der Waals surface area contributed by atoms with Gasteiger partial charge < -0.3 is 0 Å². The maximum atomic E-state index is 4.47. The number of rotatable bonds is 11. The molecule has 0 N–H and O–H groups in total. The zero-order chi connectivity index (χ0) is 14.8. The first-order valence-corrected chi connectivity index (χ1v) is 9.06. The van der Waals surface area contributed by atoms with Crippen molar-refractivity contribution < 1.29 is 0 Å². The summed E-state index contributed by atoms with van der Waals surface area (Å²) in [6.45, 7) is 10.8. The van der Waals surface area contributed by atoms with Crippen molar-refractivity contribution in [2.24, 2.45) is 0 Å². The zero-order valence-corrected chi connectivity index (χ0v) is 14.4. The van der Waals surface area contributed by atoms with Crippen molar-refractivity contribution in [1.29, 1.82) is 0 Å². The second-order valence-corrected chi connectivity index (χ2v) is 7.16. The first-order chi connectivity index (χ1) is 9.66. The van der Waals surface area contributed by atoms with Gasteiger partial charge in [-0.1, -0.05) is 72.3 Å². The molecule has 0 fully saturated rings. The molecule has 1 atom stereocenters. The molecular weight excluding hydrogens is 262 g/mol. The lowest BCUT2D eigenvalue weighted by atomic mass is 9.79. The Labute approximate surface area is 129 Å². The summed E-state index contributed by atoms with van der Waals surface area (Å²) >= 11 is 1.83. The van der Waals surface area contributed by atoms with E-state index >= 15 is 0 Å². The van der Waals surface area contributed by atoms with Gasteiger partial charge in [0.1, 0.15) is 5.01 Å². The fourth-order valence-electron chi connectivity index (χ4n) is 2.72. The van der Waals surface area contributed by atoms with Gasteiger partial charge in [0, 0.05) is 16.5 Å². The van der Waals surface area contributed by atoms with Crippen molar-refractivity contribution >= 4 is 17.4 Å². The highest BCUT2D eigenvalue weighted by atomic mass is 32.1. The molecule has 2 heteroatoms. The molecule has 20 heavy (non-hydrogen) atoms. The Morgan fingerprint density at radius 2 is 1.75 bits per heavy atom. The van der Waals surface area contributed by atoms with E-state index in [-0.39, 0.29) is 0 Å². The van der Waals surface area contributed by atoms with Gasteiger partial charge in [-0.25, -0.2) is 4.98 Å². The van der Waals surface area contributed by atoms with Gasteiger partial charge in [-0.05, 0) is 18.9 Å².